The van der Waals surface area contributed by atoms with Crippen molar-refractivity contribution in [3.05, 3.63) is 16.7 Å². The standard InChI is InChI=1S/C19H31N7O5/c1-9(2)12(20)17(28)30-6-5-11(7-31-18(29)13(21)10(3)4)26-8-23-14-15(26)24-19(22)25-16(14)27/h8-13H,5-7,20-21H2,1-4H3,(H3,22,24,25,27)/t11?,12-,13-/m0/s1. The number of nitrogens with two attached hydrogens (primary N) is 3. The van der Waals surface area contributed by atoms with Crippen LogP contribution in [0, 0.1) is 11.8 Å². The van der Waals surface area contributed by atoms with E-state index in [4.69, 9.17) is 26.7 Å². The van der Waals surface area contributed by atoms with E-state index in [2.05, 4.69) is 15.0 Å². The monoisotopic (exact) mass is 437 g/mol. The van der Waals surface area contributed by atoms with Gasteiger partial charge in [-0.2, -0.15) is 4.98 Å². The summed E-state index contributed by atoms with van der Waals surface area (Å²) in [6.45, 7) is 7.17. The quantitative estimate of drug-likeness (QED) is 0.358. The smallest absolute Gasteiger partial charge is 0.323 e. The Morgan fingerprint density at radius 3 is 2.26 bits per heavy atom. The molecule has 0 radical (unpaired) electrons. The Balaban J connectivity index is 2.21. The fourth-order valence-electron chi connectivity index (χ4n) is 2.72. The lowest BCUT2D eigenvalue weighted by Gasteiger charge is -2.22. The lowest BCUT2D eigenvalue weighted by atomic mass is 10.1. The molecule has 2 heterocycles. The highest BCUT2D eigenvalue weighted by Gasteiger charge is 2.24. The Morgan fingerprint density at radius 1 is 1.10 bits per heavy atom. The number of carbonyl (C=O) groups excluding carboxylic acids is 2. The summed E-state index contributed by atoms with van der Waals surface area (Å²) in [6, 6.07) is -2.06. The van der Waals surface area contributed by atoms with Crippen LogP contribution < -0.4 is 22.8 Å². The number of aromatic amines is 1. The highest BCUT2D eigenvalue weighted by molar-refractivity contribution is 5.76. The van der Waals surface area contributed by atoms with Crippen molar-refractivity contribution in [2.75, 3.05) is 18.9 Å². The maximum absolute atomic E-state index is 12.2. The van der Waals surface area contributed by atoms with Crippen molar-refractivity contribution < 1.29 is 19.1 Å². The van der Waals surface area contributed by atoms with E-state index < -0.39 is 35.6 Å². The topological polar surface area (TPSA) is 194 Å². The summed E-state index contributed by atoms with van der Waals surface area (Å²) in [5.41, 5.74) is 17.1. The van der Waals surface area contributed by atoms with Crippen molar-refractivity contribution in [2.24, 2.45) is 23.3 Å². The molecule has 172 valence electrons. The van der Waals surface area contributed by atoms with E-state index in [1.807, 2.05) is 27.7 Å². The third kappa shape index (κ3) is 6.01. The van der Waals surface area contributed by atoms with E-state index in [1.54, 1.807) is 4.57 Å². The largest absolute Gasteiger partial charge is 0.464 e. The third-order valence-electron chi connectivity index (χ3n) is 4.94. The molecule has 0 aromatic carbocycles. The van der Waals surface area contributed by atoms with Crippen LogP contribution in [-0.4, -0.2) is 56.8 Å². The molecule has 0 aliphatic rings. The predicted molar refractivity (Wildman–Crippen MR) is 114 cm³/mol. The van der Waals surface area contributed by atoms with Crippen LogP contribution in [-0.2, 0) is 19.1 Å². The number of H-pyrrole nitrogens is 1. The summed E-state index contributed by atoms with van der Waals surface area (Å²) in [6.07, 6.45) is 1.65. The molecule has 2 aromatic heterocycles. The fraction of sp³-hybridized carbons (Fsp3) is 0.632. The number of rotatable bonds is 10. The zero-order valence-corrected chi connectivity index (χ0v) is 18.2. The third-order valence-corrected chi connectivity index (χ3v) is 4.94. The number of nitrogens with zero attached hydrogens (tertiary/aromatic N) is 3. The molecular weight excluding hydrogens is 406 g/mol. The molecule has 0 aliphatic heterocycles. The van der Waals surface area contributed by atoms with Gasteiger partial charge >= 0.3 is 11.9 Å². The number of imidazole rings is 1. The first-order valence-corrected chi connectivity index (χ1v) is 10.1. The molecule has 0 saturated carbocycles. The van der Waals surface area contributed by atoms with Crippen LogP contribution in [0.5, 0.6) is 0 Å². The van der Waals surface area contributed by atoms with Gasteiger partial charge in [0.25, 0.3) is 5.56 Å². The van der Waals surface area contributed by atoms with Gasteiger partial charge in [0.2, 0.25) is 5.95 Å². The van der Waals surface area contributed by atoms with Crippen LogP contribution in [0.25, 0.3) is 11.2 Å². The highest BCUT2D eigenvalue weighted by Crippen LogP contribution is 2.19. The summed E-state index contributed by atoms with van der Waals surface area (Å²) in [7, 11) is 0. The molecule has 0 spiro atoms. The Bertz CT molecular complexity index is 968. The summed E-state index contributed by atoms with van der Waals surface area (Å²) in [5, 5.41) is 0. The average molecular weight is 438 g/mol. The number of hydrogen-bond donors (Lipinski definition) is 4. The van der Waals surface area contributed by atoms with Gasteiger partial charge in [-0.25, -0.2) is 4.98 Å². The molecule has 2 aromatic rings. The Labute approximate surface area is 179 Å². The first-order valence-electron chi connectivity index (χ1n) is 10.1. The molecule has 0 fully saturated rings. The molecule has 12 heteroatoms. The Hall–Kier alpha value is -2.99. The first-order chi connectivity index (χ1) is 14.5. The van der Waals surface area contributed by atoms with Crippen molar-refractivity contribution in [2.45, 2.75) is 52.2 Å². The van der Waals surface area contributed by atoms with Crippen LogP contribution in [0.4, 0.5) is 5.95 Å². The van der Waals surface area contributed by atoms with Gasteiger partial charge < -0.3 is 31.2 Å². The number of ether oxygens (including phenoxy) is 2. The van der Waals surface area contributed by atoms with Crippen LogP contribution in [0.2, 0.25) is 0 Å². The van der Waals surface area contributed by atoms with Gasteiger partial charge in [-0.1, -0.05) is 27.7 Å². The second-order valence-corrected chi connectivity index (χ2v) is 8.05. The minimum Gasteiger partial charge on any atom is -0.464 e. The molecule has 31 heavy (non-hydrogen) atoms. The minimum atomic E-state index is -0.779. The number of anilines is 1. The summed E-state index contributed by atoms with van der Waals surface area (Å²) < 4.78 is 12.2. The lowest BCUT2D eigenvalue weighted by Crippen LogP contribution is -2.38. The number of carbonyl (C=O) groups is 2. The van der Waals surface area contributed by atoms with Gasteiger partial charge in [-0.15, -0.1) is 0 Å². The fourth-order valence-corrected chi connectivity index (χ4v) is 2.72. The van der Waals surface area contributed by atoms with E-state index in [0.717, 1.165) is 0 Å². The van der Waals surface area contributed by atoms with Crippen LogP contribution >= 0.6 is 0 Å². The van der Waals surface area contributed by atoms with Crippen molar-refractivity contribution in [3.8, 4) is 0 Å². The zero-order valence-electron chi connectivity index (χ0n) is 18.2. The van der Waals surface area contributed by atoms with E-state index in [9.17, 15) is 14.4 Å². The number of fused-ring (bicyclic) bond motifs is 1. The number of hydrogen-bond acceptors (Lipinski definition) is 10. The molecule has 7 N–H and O–H groups in total. The van der Waals surface area contributed by atoms with E-state index in [1.165, 1.54) is 6.33 Å². The number of nitrogens with one attached hydrogen (secondary N) is 1. The number of aromatic nitrogens is 4. The first kappa shape index (κ1) is 24.3. The van der Waals surface area contributed by atoms with Gasteiger partial charge in [-0.05, 0) is 11.8 Å². The number of nitrogen functional groups attached to an aromatic ring is 1. The minimum absolute atomic E-state index is 0.00997. The maximum atomic E-state index is 12.2. The van der Waals surface area contributed by atoms with Crippen molar-refractivity contribution in [1.82, 2.24) is 19.5 Å². The number of esters is 2. The predicted octanol–water partition coefficient (Wildman–Crippen LogP) is -0.314. The van der Waals surface area contributed by atoms with Gasteiger partial charge in [0.15, 0.2) is 11.2 Å². The van der Waals surface area contributed by atoms with Gasteiger partial charge in [0, 0.05) is 6.42 Å². The molecule has 3 atom stereocenters. The zero-order chi connectivity index (χ0) is 23.3. The van der Waals surface area contributed by atoms with Crippen LogP contribution in [0.3, 0.4) is 0 Å². The van der Waals surface area contributed by atoms with Crippen LogP contribution in [0.1, 0.15) is 40.2 Å². The van der Waals surface area contributed by atoms with Gasteiger partial charge in [0.05, 0.1) is 19.0 Å². The Kier molecular flexibility index (Phi) is 8.11. The molecular formula is C19H31N7O5. The second kappa shape index (κ2) is 10.4. The molecule has 0 bridgehead atoms. The average Bonchev–Trinajstić information content (AvgIpc) is 3.12. The van der Waals surface area contributed by atoms with E-state index in [-0.39, 0.29) is 48.6 Å². The molecule has 0 amide bonds. The molecule has 12 nitrogen and oxygen atoms in total. The molecule has 1 unspecified atom stereocenters. The maximum Gasteiger partial charge on any atom is 0.323 e. The lowest BCUT2D eigenvalue weighted by molar-refractivity contribution is -0.150. The SMILES string of the molecule is CC(C)[C@H](N)C(=O)OCCC(COC(=O)[C@@H](N)C(C)C)n1cnc2c(=O)[nH]c(N)nc21. The summed E-state index contributed by atoms with van der Waals surface area (Å²) >= 11 is 0. The van der Waals surface area contributed by atoms with Crippen molar-refractivity contribution in [3.63, 3.8) is 0 Å². The van der Waals surface area contributed by atoms with Crippen molar-refractivity contribution in [1.29, 1.82) is 0 Å². The van der Waals surface area contributed by atoms with Crippen LogP contribution in [0.15, 0.2) is 11.1 Å². The molecule has 0 saturated heterocycles. The van der Waals surface area contributed by atoms with Gasteiger partial charge in [-0.3, -0.25) is 19.4 Å². The summed E-state index contributed by atoms with van der Waals surface area (Å²) in [4.78, 5) is 46.9. The summed E-state index contributed by atoms with van der Waals surface area (Å²) in [5.74, 6) is -1.33. The molecule has 2 rings (SSSR count). The normalized spacial score (nSPS) is 14.6. The van der Waals surface area contributed by atoms with Crippen molar-refractivity contribution >= 4 is 29.1 Å². The van der Waals surface area contributed by atoms with E-state index >= 15 is 0 Å². The van der Waals surface area contributed by atoms with Gasteiger partial charge in [0.1, 0.15) is 18.7 Å². The Morgan fingerprint density at radius 2 is 1.68 bits per heavy atom. The highest BCUT2D eigenvalue weighted by atomic mass is 16.5. The van der Waals surface area contributed by atoms with E-state index in [0.29, 0.717) is 0 Å². The second-order valence-electron chi connectivity index (χ2n) is 8.05. The molecule has 0 aliphatic carbocycles.